The average Bonchev–Trinajstić information content (AvgIpc) is 3.55. The van der Waals surface area contributed by atoms with Crippen LogP contribution in [-0.4, -0.2) is 8.90 Å². The molecule has 40 heavy (non-hydrogen) atoms. The molecule has 8 rings (SSSR count). The SMILES string of the molecule is O=P(c1ccccc1)(c1ccccc1)n1c2ccccc2c2ccc3c(c4ccccc4n3-c3ccccc3)c21. The lowest BCUT2D eigenvalue weighted by Crippen LogP contribution is -2.21. The summed E-state index contributed by atoms with van der Waals surface area (Å²) in [6, 6.07) is 51.7. The fraction of sp³-hybridized carbons (Fsp3) is 0. The van der Waals surface area contributed by atoms with E-state index in [1.54, 1.807) is 0 Å². The highest BCUT2D eigenvalue weighted by Crippen LogP contribution is 2.53. The van der Waals surface area contributed by atoms with Crippen molar-refractivity contribution in [3.8, 4) is 5.69 Å². The van der Waals surface area contributed by atoms with Crippen molar-refractivity contribution in [3.63, 3.8) is 0 Å². The Labute approximate surface area is 232 Å². The molecule has 4 heteroatoms. The maximum atomic E-state index is 15.9. The number of benzene rings is 6. The summed E-state index contributed by atoms with van der Waals surface area (Å²) < 4.78 is 20.4. The lowest BCUT2D eigenvalue weighted by molar-refractivity contribution is 0.583. The summed E-state index contributed by atoms with van der Waals surface area (Å²) in [6.07, 6.45) is 0. The van der Waals surface area contributed by atoms with Gasteiger partial charge in [0.25, 0.3) is 0 Å². The van der Waals surface area contributed by atoms with Crippen molar-refractivity contribution in [2.24, 2.45) is 0 Å². The standard InChI is InChI=1S/C36H25N2OP/c39-40(27-16-6-2-7-17-27,28-18-8-3-9-19-28)38-33-23-13-10-20-29(33)30-24-25-34-35(36(30)38)31-21-11-12-22-32(31)37(34)26-14-4-1-5-15-26/h1-25H. The quantitative estimate of drug-likeness (QED) is 0.208. The molecule has 0 saturated heterocycles. The maximum absolute atomic E-state index is 15.9. The van der Waals surface area contributed by atoms with E-state index in [1.807, 2.05) is 72.8 Å². The van der Waals surface area contributed by atoms with E-state index in [-0.39, 0.29) is 0 Å². The van der Waals surface area contributed by atoms with Crippen LogP contribution in [-0.2, 0) is 4.57 Å². The van der Waals surface area contributed by atoms with Gasteiger partial charge >= 0.3 is 0 Å². The first-order valence-corrected chi connectivity index (χ1v) is 15.2. The van der Waals surface area contributed by atoms with Crippen molar-refractivity contribution >= 4 is 61.5 Å². The van der Waals surface area contributed by atoms with Gasteiger partial charge in [0.2, 0.25) is 7.29 Å². The topological polar surface area (TPSA) is 26.9 Å². The molecule has 0 radical (unpaired) electrons. The van der Waals surface area contributed by atoms with Gasteiger partial charge in [0.05, 0.1) is 22.1 Å². The molecule has 0 atom stereocenters. The Hall–Kier alpha value is -4.85. The fourth-order valence-corrected chi connectivity index (χ4v) is 9.15. The van der Waals surface area contributed by atoms with Crippen LogP contribution in [0.1, 0.15) is 0 Å². The normalized spacial score (nSPS) is 12.1. The first-order valence-electron chi connectivity index (χ1n) is 13.5. The Morgan fingerprint density at radius 1 is 0.425 bits per heavy atom. The van der Waals surface area contributed by atoms with Crippen molar-refractivity contribution < 1.29 is 4.57 Å². The Bertz CT molecular complexity index is 2190. The van der Waals surface area contributed by atoms with Crippen molar-refractivity contribution in [1.82, 2.24) is 8.90 Å². The summed E-state index contributed by atoms with van der Waals surface area (Å²) in [4.78, 5) is 0. The fourth-order valence-electron chi connectivity index (χ4n) is 6.27. The summed E-state index contributed by atoms with van der Waals surface area (Å²) >= 11 is 0. The molecule has 0 fully saturated rings. The maximum Gasteiger partial charge on any atom is 0.234 e. The van der Waals surface area contributed by atoms with Gasteiger partial charge in [-0.15, -0.1) is 0 Å². The van der Waals surface area contributed by atoms with Crippen LogP contribution in [0.25, 0.3) is 49.3 Å². The number of rotatable bonds is 4. The van der Waals surface area contributed by atoms with Gasteiger partial charge in [0.15, 0.2) is 0 Å². The molecule has 8 aromatic rings. The molecule has 3 nitrogen and oxygen atoms in total. The van der Waals surface area contributed by atoms with Gasteiger partial charge in [-0.25, -0.2) is 0 Å². The molecule has 0 unspecified atom stereocenters. The van der Waals surface area contributed by atoms with E-state index in [2.05, 4.69) is 87.8 Å². The van der Waals surface area contributed by atoms with Gasteiger partial charge in [-0.1, -0.05) is 97.1 Å². The van der Waals surface area contributed by atoms with E-state index in [0.717, 1.165) is 59.9 Å². The highest BCUT2D eigenvalue weighted by molar-refractivity contribution is 7.77. The van der Waals surface area contributed by atoms with Crippen LogP contribution in [0.15, 0.2) is 152 Å². The average molecular weight is 533 g/mol. The molecule has 2 aromatic heterocycles. The zero-order chi connectivity index (χ0) is 26.7. The van der Waals surface area contributed by atoms with Gasteiger partial charge in [0, 0.05) is 37.8 Å². The first kappa shape index (κ1) is 23.1. The van der Waals surface area contributed by atoms with Gasteiger partial charge in [-0.3, -0.25) is 8.90 Å². The van der Waals surface area contributed by atoms with E-state index in [0.29, 0.717) is 0 Å². The van der Waals surface area contributed by atoms with Crippen LogP contribution in [0.3, 0.4) is 0 Å². The van der Waals surface area contributed by atoms with Gasteiger partial charge in [0.1, 0.15) is 0 Å². The highest BCUT2D eigenvalue weighted by Gasteiger charge is 2.34. The van der Waals surface area contributed by atoms with E-state index in [4.69, 9.17) is 0 Å². The third-order valence-electron chi connectivity index (χ3n) is 7.95. The molecule has 0 N–H and O–H groups in total. The van der Waals surface area contributed by atoms with Crippen LogP contribution in [0.2, 0.25) is 0 Å². The van der Waals surface area contributed by atoms with Crippen molar-refractivity contribution in [1.29, 1.82) is 0 Å². The van der Waals surface area contributed by atoms with Crippen molar-refractivity contribution in [2.75, 3.05) is 0 Å². The summed E-state index contributed by atoms with van der Waals surface area (Å²) in [5.41, 5.74) is 5.29. The van der Waals surface area contributed by atoms with Gasteiger partial charge < -0.3 is 4.57 Å². The third-order valence-corrected chi connectivity index (χ3v) is 10.9. The Kier molecular flexibility index (Phi) is 5.10. The molecule has 0 bridgehead atoms. The van der Waals surface area contributed by atoms with Gasteiger partial charge in [-0.05, 0) is 54.6 Å². The predicted molar refractivity (Wildman–Crippen MR) is 169 cm³/mol. The summed E-state index contributed by atoms with van der Waals surface area (Å²) in [7, 11) is -3.36. The summed E-state index contributed by atoms with van der Waals surface area (Å²) in [6.45, 7) is 0. The van der Waals surface area contributed by atoms with Crippen molar-refractivity contribution in [2.45, 2.75) is 0 Å². The minimum absolute atomic E-state index is 0.813. The first-order chi connectivity index (χ1) is 19.8. The number of fused-ring (bicyclic) bond motifs is 7. The third kappa shape index (κ3) is 3.16. The number of hydrogen-bond acceptors (Lipinski definition) is 1. The second kappa shape index (κ2) is 8.84. The van der Waals surface area contributed by atoms with E-state index in [9.17, 15) is 0 Å². The second-order valence-corrected chi connectivity index (χ2v) is 12.7. The number of nitrogens with zero attached hydrogens (tertiary/aromatic N) is 2. The highest BCUT2D eigenvalue weighted by atomic mass is 31.2. The largest absolute Gasteiger partial charge is 0.309 e. The van der Waals surface area contributed by atoms with Crippen LogP contribution in [0.5, 0.6) is 0 Å². The lowest BCUT2D eigenvalue weighted by atomic mass is 10.1. The lowest BCUT2D eigenvalue weighted by Gasteiger charge is -2.23. The van der Waals surface area contributed by atoms with Crippen molar-refractivity contribution in [3.05, 3.63) is 152 Å². The molecule has 0 aliphatic heterocycles. The second-order valence-electron chi connectivity index (χ2n) is 10.1. The predicted octanol–water partition coefficient (Wildman–Crippen LogP) is 8.67. The van der Waals surface area contributed by atoms with E-state index < -0.39 is 7.29 Å². The minimum atomic E-state index is -3.36. The van der Waals surface area contributed by atoms with Crippen LogP contribution >= 0.6 is 7.29 Å². The summed E-state index contributed by atoms with van der Waals surface area (Å²) in [5, 5.41) is 6.08. The molecule has 0 spiro atoms. The molecular formula is C36H25N2OP. The zero-order valence-corrected chi connectivity index (χ0v) is 22.6. The molecule has 0 aliphatic carbocycles. The molecule has 6 aromatic carbocycles. The van der Waals surface area contributed by atoms with Gasteiger partial charge in [-0.2, -0.15) is 0 Å². The molecule has 0 aliphatic rings. The number of hydrogen-bond donors (Lipinski definition) is 0. The smallest absolute Gasteiger partial charge is 0.234 e. The minimum Gasteiger partial charge on any atom is -0.309 e. The number of para-hydroxylation sites is 3. The molecular weight excluding hydrogens is 507 g/mol. The number of aromatic nitrogens is 2. The Balaban J connectivity index is 1.64. The molecule has 0 amide bonds. The molecule has 0 saturated carbocycles. The monoisotopic (exact) mass is 532 g/mol. The Morgan fingerprint density at radius 2 is 0.950 bits per heavy atom. The van der Waals surface area contributed by atoms with Crippen LogP contribution in [0.4, 0.5) is 0 Å². The van der Waals surface area contributed by atoms with E-state index in [1.165, 1.54) is 0 Å². The van der Waals surface area contributed by atoms with Crippen LogP contribution in [0, 0.1) is 0 Å². The zero-order valence-electron chi connectivity index (χ0n) is 21.7. The molecule has 190 valence electrons. The Morgan fingerprint density at radius 3 is 1.60 bits per heavy atom. The van der Waals surface area contributed by atoms with Crippen LogP contribution < -0.4 is 10.6 Å². The summed E-state index contributed by atoms with van der Waals surface area (Å²) in [5.74, 6) is 0. The molecule has 2 heterocycles. The van der Waals surface area contributed by atoms with E-state index >= 15 is 4.57 Å².